The number of rotatable bonds is 2. The van der Waals surface area contributed by atoms with Gasteiger partial charge in [-0.05, 0) is 31.7 Å². The topological polar surface area (TPSA) is 75.1 Å². The Labute approximate surface area is 93.9 Å². The largest absolute Gasteiger partial charge is 0.393 e. The van der Waals surface area contributed by atoms with Gasteiger partial charge in [0.25, 0.3) is 5.91 Å². The molecule has 0 aliphatic heterocycles. The highest BCUT2D eigenvalue weighted by Crippen LogP contribution is 2.18. The fourth-order valence-electron chi connectivity index (χ4n) is 1.90. The van der Waals surface area contributed by atoms with Crippen molar-refractivity contribution in [3.63, 3.8) is 0 Å². The minimum atomic E-state index is -0.202. The lowest BCUT2D eigenvalue weighted by atomic mass is 9.93. The first kappa shape index (κ1) is 11.0. The first-order chi connectivity index (χ1) is 7.75. The van der Waals surface area contributed by atoms with Crippen LogP contribution in [0.5, 0.6) is 0 Å². The molecule has 1 heterocycles. The van der Waals surface area contributed by atoms with Gasteiger partial charge in [0, 0.05) is 12.2 Å². The van der Waals surface area contributed by atoms with Gasteiger partial charge in [0.1, 0.15) is 12.0 Å². The van der Waals surface area contributed by atoms with Crippen LogP contribution in [-0.2, 0) is 0 Å². The van der Waals surface area contributed by atoms with Crippen LogP contribution < -0.4 is 5.32 Å². The van der Waals surface area contributed by atoms with Gasteiger partial charge in [-0.25, -0.2) is 9.97 Å². The first-order valence-corrected chi connectivity index (χ1v) is 5.50. The predicted octanol–water partition coefficient (Wildman–Crippen LogP) is 0.510. The molecule has 16 heavy (non-hydrogen) atoms. The zero-order chi connectivity index (χ0) is 11.4. The molecule has 86 valence electrons. The Morgan fingerprint density at radius 1 is 1.38 bits per heavy atom. The number of aromatic nitrogens is 2. The van der Waals surface area contributed by atoms with Crippen LogP contribution in [0.15, 0.2) is 18.6 Å². The van der Waals surface area contributed by atoms with Crippen LogP contribution in [0.25, 0.3) is 0 Å². The molecule has 1 aromatic heterocycles. The van der Waals surface area contributed by atoms with E-state index in [1.54, 1.807) is 12.3 Å². The van der Waals surface area contributed by atoms with E-state index in [0.29, 0.717) is 5.69 Å². The zero-order valence-corrected chi connectivity index (χ0v) is 8.97. The minimum absolute atomic E-state index is 0.158. The maximum Gasteiger partial charge on any atom is 0.270 e. The Hall–Kier alpha value is -1.49. The van der Waals surface area contributed by atoms with Crippen LogP contribution >= 0.6 is 0 Å². The molecule has 5 nitrogen and oxygen atoms in total. The Bertz CT molecular complexity index is 348. The van der Waals surface area contributed by atoms with E-state index in [2.05, 4.69) is 15.3 Å². The summed E-state index contributed by atoms with van der Waals surface area (Å²) in [6, 6.07) is 1.75. The van der Waals surface area contributed by atoms with E-state index < -0.39 is 0 Å². The standard InChI is InChI=1S/C11H15N3O2/c15-9-3-1-8(2-4-9)14-11(16)10-5-6-12-7-13-10/h5-9,15H,1-4H2,(H,14,16). The predicted molar refractivity (Wildman–Crippen MR) is 57.8 cm³/mol. The molecule has 1 amide bonds. The summed E-state index contributed by atoms with van der Waals surface area (Å²) in [6.07, 6.45) is 5.89. The molecular formula is C11H15N3O2. The molecule has 1 fully saturated rings. The van der Waals surface area contributed by atoms with E-state index in [4.69, 9.17) is 0 Å². The Morgan fingerprint density at radius 2 is 2.12 bits per heavy atom. The monoisotopic (exact) mass is 221 g/mol. The molecule has 0 spiro atoms. The molecule has 1 aliphatic rings. The molecular weight excluding hydrogens is 206 g/mol. The van der Waals surface area contributed by atoms with Gasteiger partial charge in [0.2, 0.25) is 0 Å². The van der Waals surface area contributed by atoms with Crippen molar-refractivity contribution < 1.29 is 9.90 Å². The number of carbonyl (C=O) groups excluding carboxylic acids is 1. The highest BCUT2D eigenvalue weighted by Gasteiger charge is 2.21. The number of nitrogens with zero attached hydrogens (tertiary/aromatic N) is 2. The number of amides is 1. The van der Waals surface area contributed by atoms with E-state index in [1.807, 2.05) is 0 Å². The van der Waals surface area contributed by atoms with Crippen LogP contribution in [0.2, 0.25) is 0 Å². The van der Waals surface area contributed by atoms with E-state index in [1.165, 1.54) is 6.33 Å². The van der Waals surface area contributed by atoms with Gasteiger partial charge >= 0.3 is 0 Å². The molecule has 0 unspecified atom stereocenters. The molecule has 0 radical (unpaired) electrons. The van der Waals surface area contributed by atoms with Crippen LogP contribution in [0.1, 0.15) is 36.2 Å². The molecule has 5 heteroatoms. The van der Waals surface area contributed by atoms with Crippen molar-refractivity contribution >= 4 is 5.91 Å². The van der Waals surface area contributed by atoms with E-state index in [0.717, 1.165) is 25.7 Å². The fraction of sp³-hybridized carbons (Fsp3) is 0.545. The highest BCUT2D eigenvalue weighted by molar-refractivity contribution is 5.92. The first-order valence-electron chi connectivity index (χ1n) is 5.50. The lowest BCUT2D eigenvalue weighted by molar-refractivity contribution is 0.0863. The highest BCUT2D eigenvalue weighted by atomic mass is 16.3. The summed E-state index contributed by atoms with van der Waals surface area (Å²) in [4.78, 5) is 19.4. The van der Waals surface area contributed by atoms with Gasteiger partial charge in [-0.15, -0.1) is 0 Å². The maximum absolute atomic E-state index is 11.7. The summed E-state index contributed by atoms with van der Waals surface area (Å²) in [5.74, 6) is -0.163. The third-order valence-electron chi connectivity index (χ3n) is 2.85. The van der Waals surface area contributed by atoms with Crippen LogP contribution in [0, 0.1) is 0 Å². The Morgan fingerprint density at radius 3 is 2.75 bits per heavy atom. The molecule has 1 aliphatic carbocycles. The lowest BCUT2D eigenvalue weighted by Crippen LogP contribution is -2.38. The summed E-state index contributed by atoms with van der Waals surface area (Å²) >= 11 is 0. The van der Waals surface area contributed by atoms with Crippen molar-refractivity contribution in [3.8, 4) is 0 Å². The quantitative estimate of drug-likeness (QED) is 0.763. The van der Waals surface area contributed by atoms with Gasteiger partial charge in [0.05, 0.1) is 6.10 Å². The number of hydrogen-bond acceptors (Lipinski definition) is 4. The van der Waals surface area contributed by atoms with Crippen LogP contribution in [0.4, 0.5) is 0 Å². The van der Waals surface area contributed by atoms with Crippen molar-refractivity contribution in [3.05, 3.63) is 24.3 Å². The number of carbonyl (C=O) groups is 1. The second-order valence-corrected chi connectivity index (χ2v) is 4.07. The Balaban J connectivity index is 1.88. The van der Waals surface area contributed by atoms with Gasteiger partial charge in [-0.3, -0.25) is 4.79 Å². The molecule has 0 aromatic carbocycles. The summed E-state index contributed by atoms with van der Waals surface area (Å²) in [5.41, 5.74) is 0.390. The van der Waals surface area contributed by atoms with Gasteiger partial charge in [0.15, 0.2) is 0 Å². The minimum Gasteiger partial charge on any atom is -0.393 e. The molecule has 0 atom stereocenters. The molecule has 0 bridgehead atoms. The average molecular weight is 221 g/mol. The van der Waals surface area contributed by atoms with Crippen molar-refractivity contribution in [2.45, 2.75) is 37.8 Å². The summed E-state index contributed by atoms with van der Waals surface area (Å²) in [7, 11) is 0. The smallest absolute Gasteiger partial charge is 0.270 e. The van der Waals surface area contributed by atoms with Gasteiger partial charge < -0.3 is 10.4 Å². The van der Waals surface area contributed by atoms with Crippen LogP contribution in [0.3, 0.4) is 0 Å². The number of aliphatic hydroxyl groups is 1. The van der Waals surface area contributed by atoms with E-state index >= 15 is 0 Å². The molecule has 1 aromatic rings. The number of hydrogen-bond donors (Lipinski definition) is 2. The van der Waals surface area contributed by atoms with Crippen LogP contribution in [-0.4, -0.2) is 33.1 Å². The average Bonchev–Trinajstić information content (AvgIpc) is 2.33. The Kier molecular flexibility index (Phi) is 3.46. The molecule has 0 saturated heterocycles. The summed E-state index contributed by atoms with van der Waals surface area (Å²) < 4.78 is 0. The SMILES string of the molecule is O=C(NC1CCC(O)CC1)c1ccncn1. The molecule has 1 saturated carbocycles. The number of aliphatic hydroxyl groups excluding tert-OH is 1. The second kappa shape index (κ2) is 5.03. The normalized spacial score (nSPS) is 25.1. The van der Waals surface area contributed by atoms with E-state index in [9.17, 15) is 9.90 Å². The molecule has 2 rings (SSSR count). The van der Waals surface area contributed by atoms with Crippen molar-refractivity contribution in [1.82, 2.24) is 15.3 Å². The van der Waals surface area contributed by atoms with Gasteiger partial charge in [-0.2, -0.15) is 0 Å². The van der Waals surface area contributed by atoms with E-state index in [-0.39, 0.29) is 18.1 Å². The van der Waals surface area contributed by atoms with Crippen molar-refractivity contribution in [2.75, 3.05) is 0 Å². The fourth-order valence-corrected chi connectivity index (χ4v) is 1.90. The van der Waals surface area contributed by atoms with Crippen molar-refractivity contribution in [2.24, 2.45) is 0 Å². The second-order valence-electron chi connectivity index (χ2n) is 4.07. The summed E-state index contributed by atoms with van der Waals surface area (Å²) in [5, 5.41) is 12.3. The van der Waals surface area contributed by atoms with Crippen molar-refractivity contribution in [1.29, 1.82) is 0 Å². The lowest BCUT2D eigenvalue weighted by Gasteiger charge is -2.25. The third-order valence-corrected chi connectivity index (χ3v) is 2.85. The summed E-state index contributed by atoms with van der Waals surface area (Å²) in [6.45, 7) is 0. The maximum atomic E-state index is 11.7. The zero-order valence-electron chi connectivity index (χ0n) is 8.97. The van der Waals surface area contributed by atoms with Gasteiger partial charge in [-0.1, -0.05) is 0 Å². The molecule has 2 N–H and O–H groups in total. The number of nitrogens with one attached hydrogen (secondary N) is 1. The third kappa shape index (κ3) is 2.76.